The van der Waals surface area contributed by atoms with Crippen LogP contribution in [-0.4, -0.2) is 27.6 Å². The van der Waals surface area contributed by atoms with Crippen molar-refractivity contribution in [3.8, 4) is 17.2 Å². The SMILES string of the molecule is COc1cc(OC)c2c(c1)OCOCC(c1ccc(Cl)cc1)=C2. The molecule has 0 fully saturated rings. The second-order valence-corrected chi connectivity index (χ2v) is 5.47. The van der Waals surface area contributed by atoms with Gasteiger partial charge in [-0.3, -0.25) is 0 Å². The van der Waals surface area contributed by atoms with Gasteiger partial charge >= 0.3 is 0 Å². The highest BCUT2D eigenvalue weighted by Gasteiger charge is 2.16. The van der Waals surface area contributed by atoms with Gasteiger partial charge in [-0.2, -0.15) is 0 Å². The number of hydrogen-bond donors (Lipinski definition) is 0. The Morgan fingerprint density at radius 2 is 1.83 bits per heavy atom. The molecule has 1 aliphatic rings. The summed E-state index contributed by atoms with van der Waals surface area (Å²) in [5.41, 5.74) is 2.93. The first-order valence-electron chi connectivity index (χ1n) is 7.14. The van der Waals surface area contributed by atoms with Crippen molar-refractivity contribution in [1.29, 1.82) is 0 Å². The third-order valence-electron chi connectivity index (χ3n) is 3.62. The Morgan fingerprint density at radius 3 is 2.52 bits per heavy atom. The van der Waals surface area contributed by atoms with Crippen LogP contribution in [0.5, 0.6) is 17.2 Å². The molecule has 0 amide bonds. The summed E-state index contributed by atoms with van der Waals surface area (Å²) in [5, 5.41) is 0.701. The zero-order valence-corrected chi connectivity index (χ0v) is 13.7. The zero-order valence-electron chi connectivity index (χ0n) is 13.0. The first-order chi connectivity index (χ1) is 11.2. The average molecular weight is 333 g/mol. The predicted octanol–water partition coefficient (Wildman–Crippen LogP) is 4.26. The van der Waals surface area contributed by atoms with Crippen LogP contribution >= 0.6 is 11.6 Å². The molecule has 0 N–H and O–H groups in total. The van der Waals surface area contributed by atoms with Crippen molar-refractivity contribution in [3.05, 3.63) is 52.5 Å². The van der Waals surface area contributed by atoms with E-state index in [4.69, 9.17) is 30.5 Å². The molecule has 0 unspecified atom stereocenters. The topological polar surface area (TPSA) is 36.9 Å². The molecule has 1 aliphatic heterocycles. The molecule has 0 radical (unpaired) electrons. The molecular weight excluding hydrogens is 316 g/mol. The molecule has 2 aromatic rings. The third-order valence-corrected chi connectivity index (χ3v) is 3.87. The van der Waals surface area contributed by atoms with Crippen LogP contribution in [0.2, 0.25) is 5.02 Å². The van der Waals surface area contributed by atoms with Gasteiger partial charge in [0.2, 0.25) is 0 Å². The number of rotatable bonds is 3. The van der Waals surface area contributed by atoms with Crippen LogP contribution in [0.3, 0.4) is 0 Å². The summed E-state index contributed by atoms with van der Waals surface area (Å²) in [5.74, 6) is 2.02. The summed E-state index contributed by atoms with van der Waals surface area (Å²) in [6.07, 6.45) is 2.01. The van der Waals surface area contributed by atoms with Crippen molar-refractivity contribution >= 4 is 23.3 Å². The van der Waals surface area contributed by atoms with Crippen LogP contribution < -0.4 is 14.2 Å². The molecule has 3 rings (SSSR count). The monoisotopic (exact) mass is 332 g/mol. The maximum atomic E-state index is 5.97. The highest BCUT2D eigenvalue weighted by molar-refractivity contribution is 6.30. The summed E-state index contributed by atoms with van der Waals surface area (Å²) < 4.78 is 22.0. The summed E-state index contributed by atoms with van der Waals surface area (Å²) >= 11 is 5.97. The predicted molar refractivity (Wildman–Crippen MR) is 90.3 cm³/mol. The van der Waals surface area contributed by atoms with Gasteiger partial charge in [-0.25, -0.2) is 0 Å². The van der Waals surface area contributed by atoms with Gasteiger partial charge in [-0.1, -0.05) is 23.7 Å². The molecule has 2 aromatic carbocycles. The number of hydrogen-bond acceptors (Lipinski definition) is 4. The first kappa shape index (κ1) is 15.7. The zero-order chi connectivity index (χ0) is 16.2. The fraction of sp³-hybridized carbons (Fsp3) is 0.222. The van der Waals surface area contributed by atoms with Crippen molar-refractivity contribution in [3.63, 3.8) is 0 Å². The average Bonchev–Trinajstić information content (AvgIpc) is 2.56. The number of fused-ring (bicyclic) bond motifs is 1. The fourth-order valence-corrected chi connectivity index (χ4v) is 2.55. The van der Waals surface area contributed by atoms with Crippen molar-refractivity contribution in [2.24, 2.45) is 0 Å². The van der Waals surface area contributed by atoms with Crippen molar-refractivity contribution < 1.29 is 18.9 Å². The van der Waals surface area contributed by atoms with Gasteiger partial charge in [-0.05, 0) is 29.3 Å². The lowest BCUT2D eigenvalue weighted by Crippen LogP contribution is -2.10. The minimum absolute atomic E-state index is 0.161. The highest BCUT2D eigenvalue weighted by atomic mass is 35.5. The van der Waals surface area contributed by atoms with Crippen LogP contribution in [0.15, 0.2) is 36.4 Å². The van der Waals surface area contributed by atoms with Gasteiger partial charge in [-0.15, -0.1) is 0 Å². The van der Waals surface area contributed by atoms with E-state index < -0.39 is 0 Å². The molecule has 0 spiro atoms. The second kappa shape index (κ2) is 6.94. The highest BCUT2D eigenvalue weighted by Crippen LogP contribution is 2.38. The lowest BCUT2D eigenvalue weighted by molar-refractivity contribution is 0.0322. The number of ether oxygens (including phenoxy) is 4. The van der Waals surface area contributed by atoms with E-state index in [9.17, 15) is 0 Å². The number of methoxy groups -OCH3 is 2. The van der Waals surface area contributed by atoms with E-state index >= 15 is 0 Å². The van der Waals surface area contributed by atoms with E-state index in [0.717, 1.165) is 16.7 Å². The Kier molecular flexibility index (Phi) is 4.74. The van der Waals surface area contributed by atoms with Crippen molar-refractivity contribution in [1.82, 2.24) is 0 Å². The standard InChI is InChI=1S/C18H17ClO4/c1-20-15-8-17(21-2)16-7-13(10-22-11-23-18(16)9-15)12-3-5-14(19)6-4-12/h3-9H,10-11H2,1-2H3. The number of halogens is 1. The Balaban J connectivity index is 2.11. The molecule has 0 bridgehead atoms. The number of benzene rings is 2. The molecule has 1 heterocycles. The maximum Gasteiger partial charge on any atom is 0.189 e. The summed E-state index contributed by atoms with van der Waals surface area (Å²) in [6.45, 7) is 0.602. The normalized spacial score (nSPS) is 14.0. The van der Waals surface area contributed by atoms with Gasteiger partial charge in [0.05, 0.1) is 26.4 Å². The largest absolute Gasteiger partial charge is 0.496 e. The Labute approximate surface area is 140 Å². The molecule has 0 aliphatic carbocycles. The van der Waals surface area contributed by atoms with E-state index in [1.807, 2.05) is 42.5 Å². The van der Waals surface area contributed by atoms with Crippen LogP contribution in [-0.2, 0) is 4.74 Å². The van der Waals surface area contributed by atoms with Gasteiger partial charge < -0.3 is 18.9 Å². The van der Waals surface area contributed by atoms with Gasteiger partial charge in [0.1, 0.15) is 17.2 Å². The maximum absolute atomic E-state index is 5.97. The molecule has 0 saturated carbocycles. The molecule has 4 nitrogen and oxygen atoms in total. The lowest BCUT2D eigenvalue weighted by atomic mass is 10.0. The van der Waals surface area contributed by atoms with Crippen molar-refractivity contribution in [2.45, 2.75) is 0 Å². The summed E-state index contributed by atoms with van der Waals surface area (Å²) in [7, 11) is 3.23. The molecule has 0 aromatic heterocycles. The molecule has 23 heavy (non-hydrogen) atoms. The van der Waals surface area contributed by atoms with E-state index in [0.29, 0.717) is 28.9 Å². The van der Waals surface area contributed by atoms with Crippen LogP contribution in [0.25, 0.3) is 11.6 Å². The molecule has 5 heteroatoms. The van der Waals surface area contributed by atoms with Crippen LogP contribution in [0.4, 0.5) is 0 Å². The van der Waals surface area contributed by atoms with Crippen LogP contribution in [0, 0.1) is 0 Å². The van der Waals surface area contributed by atoms with Gasteiger partial charge in [0.25, 0.3) is 0 Å². The third kappa shape index (κ3) is 3.44. The fourth-order valence-electron chi connectivity index (χ4n) is 2.43. The second-order valence-electron chi connectivity index (χ2n) is 5.03. The van der Waals surface area contributed by atoms with Gasteiger partial charge in [0.15, 0.2) is 6.79 Å². The minimum Gasteiger partial charge on any atom is -0.496 e. The minimum atomic E-state index is 0.161. The molecule has 0 saturated heterocycles. The molecule has 0 atom stereocenters. The molecule has 120 valence electrons. The van der Waals surface area contributed by atoms with E-state index in [1.165, 1.54) is 0 Å². The van der Waals surface area contributed by atoms with Crippen LogP contribution in [0.1, 0.15) is 11.1 Å². The van der Waals surface area contributed by atoms with E-state index in [1.54, 1.807) is 14.2 Å². The Morgan fingerprint density at radius 1 is 1.04 bits per heavy atom. The van der Waals surface area contributed by atoms with E-state index in [-0.39, 0.29) is 6.79 Å². The quantitative estimate of drug-likeness (QED) is 0.841. The smallest absolute Gasteiger partial charge is 0.189 e. The Bertz CT molecular complexity index is 723. The summed E-state index contributed by atoms with van der Waals surface area (Å²) in [6, 6.07) is 11.3. The Hall–Kier alpha value is -2.17. The van der Waals surface area contributed by atoms with Gasteiger partial charge in [0, 0.05) is 17.2 Å². The lowest BCUT2D eigenvalue weighted by Gasteiger charge is -2.19. The molecular formula is C18H17ClO4. The summed E-state index contributed by atoms with van der Waals surface area (Å²) in [4.78, 5) is 0. The first-order valence-corrected chi connectivity index (χ1v) is 7.52. The van der Waals surface area contributed by atoms with Crippen molar-refractivity contribution in [2.75, 3.05) is 27.6 Å². The van der Waals surface area contributed by atoms with E-state index in [2.05, 4.69) is 0 Å².